The molecule has 0 aliphatic rings. The van der Waals surface area contributed by atoms with Crippen LogP contribution in [0.15, 0.2) is 41.8 Å². The van der Waals surface area contributed by atoms with E-state index in [1.54, 1.807) is 18.2 Å². The summed E-state index contributed by atoms with van der Waals surface area (Å²) < 4.78 is 23.0. The second-order valence-electron chi connectivity index (χ2n) is 4.41. The molecule has 0 heterocycles. The summed E-state index contributed by atoms with van der Waals surface area (Å²) in [6.07, 6.45) is 6.12. The highest BCUT2D eigenvalue weighted by molar-refractivity contribution is 7.90. The van der Waals surface area contributed by atoms with Gasteiger partial charge in [0.2, 0.25) is 0 Å². The lowest BCUT2D eigenvalue weighted by Crippen LogP contribution is -2.16. The molecule has 0 spiro atoms. The van der Waals surface area contributed by atoms with Crippen LogP contribution >= 0.6 is 0 Å². The van der Waals surface area contributed by atoms with Crippen LogP contribution < -0.4 is 5.32 Å². The molecule has 0 bridgehead atoms. The fourth-order valence-corrected chi connectivity index (χ4v) is 2.58. The molecule has 0 fully saturated rings. The smallest absolute Gasteiger partial charge is 0.175 e. The van der Waals surface area contributed by atoms with Crippen LogP contribution in [-0.2, 0) is 9.84 Å². The Kier molecular flexibility index (Phi) is 5.56. The highest BCUT2D eigenvalue weighted by Gasteiger charge is 2.12. The van der Waals surface area contributed by atoms with Gasteiger partial charge in [-0.15, -0.1) is 6.58 Å². The highest BCUT2D eigenvalue weighted by atomic mass is 32.2. The summed E-state index contributed by atoms with van der Waals surface area (Å²) in [5.74, 6) is 0. The predicted octanol–water partition coefficient (Wildman–Crippen LogP) is 2.71. The average molecular weight is 267 g/mol. The predicted molar refractivity (Wildman–Crippen MR) is 75.4 cm³/mol. The summed E-state index contributed by atoms with van der Waals surface area (Å²) in [4.78, 5) is 0.379. The quantitative estimate of drug-likeness (QED) is 0.610. The Hall–Kier alpha value is -1.13. The standard InChI is InChI=1S/C14H21NO2S/c1-4-5-6-10-14(15-2)12-8-7-9-13(11-12)18(3,16)17/h4,7-9,11,14-15H,1,5-6,10H2,2-3H3. The minimum absolute atomic E-state index is 0.187. The van der Waals surface area contributed by atoms with Gasteiger partial charge in [-0.2, -0.15) is 0 Å². The molecule has 100 valence electrons. The van der Waals surface area contributed by atoms with Gasteiger partial charge in [0.1, 0.15) is 0 Å². The maximum Gasteiger partial charge on any atom is 0.175 e. The third-order valence-electron chi connectivity index (χ3n) is 2.94. The van der Waals surface area contributed by atoms with Crippen LogP contribution in [0.1, 0.15) is 30.9 Å². The van der Waals surface area contributed by atoms with Crippen LogP contribution in [0.25, 0.3) is 0 Å². The third kappa shape index (κ3) is 4.27. The van der Waals surface area contributed by atoms with E-state index in [-0.39, 0.29) is 6.04 Å². The van der Waals surface area contributed by atoms with Gasteiger partial charge >= 0.3 is 0 Å². The third-order valence-corrected chi connectivity index (χ3v) is 4.05. The first-order valence-electron chi connectivity index (χ1n) is 6.07. The summed E-state index contributed by atoms with van der Waals surface area (Å²) in [5, 5.41) is 3.23. The van der Waals surface area contributed by atoms with Crippen molar-refractivity contribution in [2.45, 2.75) is 30.2 Å². The van der Waals surface area contributed by atoms with E-state index < -0.39 is 9.84 Å². The zero-order valence-corrected chi connectivity index (χ0v) is 11.8. The fourth-order valence-electron chi connectivity index (χ4n) is 1.91. The Labute approximate surface area is 110 Å². The normalized spacial score (nSPS) is 13.2. The van der Waals surface area contributed by atoms with Crippen molar-refractivity contribution < 1.29 is 8.42 Å². The van der Waals surface area contributed by atoms with Crippen LogP contribution in [0, 0.1) is 0 Å². The number of sulfone groups is 1. The first kappa shape index (κ1) is 14.9. The van der Waals surface area contributed by atoms with Crippen molar-refractivity contribution in [1.29, 1.82) is 0 Å². The fraction of sp³-hybridized carbons (Fsp3) is 0.429. The summed E-state index contributed by atoms with van der Waals surface area (Å²) in [6.45, 7) is 3.70. The lowest BCUT2D eigenvalue weighted by molar-refractivity contribution is 0.529. The SMILES string of the molecule is C=CCCCC(NC)c1cccc(S(C)(=O)=O)c1. The number of allylic oxidation sites excluding steroid dienone is 1. The number of benzene rings is 1. The van der Waals surface area contributed by atoms with E-state index in [9.17, 15) is 8.42 Å². The van der Waals surface area contributed by atoms with Gasteiger partial charge in [-0.05, 0) is 44.0 Å². The number of unbranched alkanes of at least 4 members (excludes halogenated alkanes) is 1. The molecule has 1 aromatic carbocycles. The second-order valence-corrected chi connectivity index (χ2v) is 6.42. The molecule has 1 N–H and O–H groups in total. The van der Waals surface area contributed by atoms with E-state index >= 15 is 0 Å². The molecule has 4 heteroatoms. The Morgan fingerprint density at radius 2 is 2.17 bits per heavy atom. The number of rotatable bonds is 7. The molecule has 3 nitrogen and oxygen atoms in total. The minimum Gasteiger partial charge on any atom is -0.313 e. The molecule has 0 radical (unpaired) electrons. The zero-order valence-electron chi connectivity index (χ0n) is 11.0. The van der Waals surface area contributed by atoms with Crippen LogP contribution in [0.3, 0.4) is 0 Å². The monoisotopic (exact) mass is 267 g/mol. The molecule has 1 atom stereocenters. The van der Waals surface area contributed by atoms with Crippen molar-refractivity contribution in [1.82, 2.24) is 5.32 Å². The van der Waals surface area contributed by atoms with Gasteiger partial charge in [0.15, 0.2) is 9.84 Å². The molecule has 0 aromatic heterocycles. The number of hydrogen-bond acceptors (Lipinski definition) is 3. The van der Waals surface area contributed by atoms with Crippen molar-refractivity contribution in [3.05, 3.63) is 42.5 Å². The zero-order chi connectivity index (χ0) is 13.6. The first-order valence-corrected chi connectivity index (χ1v) is 7.96. The molecule has 0 saturated heterocycles. The Morgan fingerprint density at radius 3 is 2.72 bits per heavy atom. The molecule has 0 amide bonds. The molecule has 0 saturated carbocycles. The van der Waals surface area contributed by atoms with Gasteiger partial charge in [0, 0.05) is 12.3 Å². The van der Waals surface area contributed by atoms with Crippen molar-refractivity contribution in [3.63, 3.8) is 0 Å². The van der Waals surface area contributed by atoms with E-state index in [0.29, 0.717) is 4.90 Å². The van der Waals surface area contributed by atoms with E-state index in [0.717, 1.165) is 24.8 Å². The van der Waals surface area contributed by atoms with Gasteiger partial charge in [0.05, 0.1) is 4.90 Å². The maximum absolute atomic E-state index is 11.5. The van der Waals surface area contributed by atoms with Crippen LogP contribution in [0.4, 0.5) is 0 Å². The summed E-state index contributed by atoms with van der Waals surface area (Å²) in [6, 6.07) is 7.33. The number of hydrogen-bond donors (Lipinski definition) is 1. The molecule has 18 heavy (non-hydrogen) atoms. The topological polar surface area (TPSA) is 46.2 Å². The summed E-state index contributed by atoms with van der Waals surface area (Å²) >= 11 is 0. The molecular weight excluding hydrogens is 246 g/mol. The first-order chi connectivity index (χ1) is 8.49. The largest absolute Gasteiger partial charge is 0.313 e. The van der Waals surface area contributed by atoms with Crippen LogP contribution in [0.2, 0.25) is 0 Å². The average Bonchev–Trinajstić information content (AvgIpc) is 2.34. The summed E-state index contributed by atoms with van der Waals surface area (Å²) in [7, 11) is -1.24. The van der Waals surface area contributed by atoms with Gasteiger partial charge in [-0.1, -0.05) is 18.2 Å². The number of nitrogens with one attached hydrogen (secondary N) is 1. The maximum atomic E-state index is 11.5. The van der Waals surface area contributed by atoms with Gasteiger partial charge in [-0.3, -0.25) is 0 Å². The Bertz CT molecular complexity index is 494. The molecule has 0 aliphatic heterocycles. The molecule has 1 unspecified atom stereocenters. The van der Waals surface area contributed by atoms with Crippen molar-refractivity contribution in [2.24, 2.45) is 0 Å². The van der Waals surface area contributed by atoms with E-state index in [2.05, 4.69) is 11.9 Å². The van der Waals surface area contributed by atoms with Gasteiger partial charge in [0.25, 0.3) is 0 Å². The van der Waals surface area contributed by atoms with E-state index in [1.807, 2.05) is 19.2 Å². The van der Waals surface area contributed by atoms with Gasteiger partial charge in [-0.25, -0.2) is 8.42 Å². The van der Waals surface area contributed by atoms with E-state index in [1.165, 1.54) is 6.26 Å². The van der Waals surface area contributed by atoms with Crippen molar-refractivity contribution >= 4 is 9.84 Å². The summed E-state index contributed by atoms with van der Waals surface area (Å²) in [5.41, 5.74) is 1.02. The molecular formula is C14H21NO2S. The highest BCUT2D eigenvalue weighted by Crippen LogP contribution is 2.22. The molecule has 0 aliphatic carbocycles. The van der Waals surface area contributed by atoms with Crippen LogP contribution in [0.5, 0.6) is 0 Å². The second kappa shape index (κ2) is 6.71. The Morgan fingerprint density at radius 1 is 1.44 bits per heavy atom. The Balaban J connectivity index is 2.89. The van der Waals surface area contributed by atoms with Crippen molar-refractivity contribution in [3.8, 4) is 0 Å². The molecule has 1 aromatic rings. The minimum atomic E-state index is -3.14. The van der Waals surface area contributed by atoms with E-state index in [4.69, 9.17) is 0 Å². The van der Waals surface area contributed by atoms with Crippen molar-refractivity contribution in [2.75, 3.05) is 13.3 Å². The lowest BCUT2D eigenvalue weighted by Gasteiger charge is -2.17. The van der Waals surface area contributed by atoms with Crippen LogP contribution in [-0.4, -0.2) is 21.7 Å². The lowest BCUT2D eigenvalue weighted by atomic mass is 10.0. The molecule has 1 rings (SSSR count). The van der Waals surface area contributed by atoms with Gasteiger partial charge < -0.3 is 5.32 Å².